The first-order valence-electron chi connectivity index (χ1n) is 7.30. The molecule has 1 aliphatic rings. The van der Waals surface area contributed by atoms with E-state index < -0.39 is 5.54 Å². The predicted molar refractivity (Wildman–Crippen MR) is 78.7 cm³/mol. The van der Waals surface area contributed by atoms with Crippen LogP contribution in [-0.4, -0.2) is 11.4 Å². The van der Waals surface area contributed by atoms with Gasteiger partial charge in [0.1, 0.15) is 11.4 Å². The molecular weight excluding hydrogens is 255 g/mol. The van der Waals surface area contributed by atoms with Gasteiger partial charge in [0, 0.05) is 0 Å². The average molecular weight is 278 g/mol. The lowest BCUT2D eigenvalue weighted by Crippen LogP contribution is -2.58. The second-order valence-corrected chi connectivity index (χ2v) is 6.04. The number of benzene rings is 1. The second kappa shape index (κ2) is 5.81. The van der Waals surface area contributed by atoms with E-state index in [4.69, 9.17) is 5.73 Å². The van der Waals surface area contributed by atoms with Crippen molar-refractivity contribution in [1.82, 2.24) is 0 Å². The van der Waals surface area contributed by atoms with Gasteiger partial charge in [-0.15, -0.1) is 0 Å². The van der Waals surface area contributed by atoms with Crippen LogP contribution in [-0.2, 0) is 4.79 Å². The molecule has 1 amide bonds. The molecule has 1 aliphatic carbocycles. The van der Waals surface area contributed by atoms with Crippen molar-refractivity contribution in [3.63, 3.8) is 0 Å². The van der Waals surface area contributed by atoms with Crippen LogP contribution in [0.25, 0.3) is 0 Å². The van der Waals surface area contributed by atoms with Gasteiger partial charge in [0.2, 0.25) is 5.91 Å². The Labute approximate surface area is 119 Å². The molecule has 2 atom stereocenters. The predicted octanol–water partition coefficient (Wildman–Crippen LogP) is 3.31. The molecule has 20 heavy (non-hydrogen) atoms. The Morgan fingerprint density at radius 1 is 1.40 bits per heavy atom. The maximum absolute atomic E-state index is 13.9. The van der Waals surface area contributed by atoms with Crippen molar-refractivity contribution in [1.29, 1.82) is 0 Å². The zero-order chi connectivity index (χ0) is 14.8. The topological polar surface area (TPSA) is 55.1 Å². The van der Waals surface area contributed by atoms with Gasteiger partial charge in [-0.1, -0.05) is 38.8 Å². The minimum absolute atomic E-state index is 0.133. The van der Waals surface area contributed by atoms with Crippen molar-refractivity contribution in [3.8, 4) is 0 Å². The summed E-state index contributed by atoms with van der Waals surface area (Å²) in [7, 11) is 0. The van der Waals surface area contributed by atoms with Crippen LogP contribution in [0.2, 0.25) is 0 Å². The molecule has 1 aromatic carbocycles. The molecule has 2 rings (SSSR count). The molecule has 1 saturated carbocycles. The number of hydrogen-bond acceptors (Lipinski definition) is 2. The largest absolute Gasteiger partial charge is 0.369 e. The fraction of sp³-hybridized carbons (Fsp3) is 0.562. The van der Waals surface area contributed by atoms with Crippen LogP contribution < -0.4 is 11.1 Å². The molecular formula is C16H23FN2O. The van der Waals surface area contributed by atoms with Gasteiger partial charge in [-0.2, -0.15) is 0 Å². The lowest BCUT2D eigenvalue weighted by molar-refractivity contribution is -0.126. The van der Waals surface area contributed by atoms with E-state index in [0.717, 1.165) is 19.3 Å². The van der Waals surface area contributed by atoms with Gasteiger partial charge < -0.3 is 11.1 Å². The van der Waals surface area contributed by atoms with Crippen LogP contribution in [0.4, 0.5) is 10.1 Å². The van der Waals surface area contributed by atoms with Crippen LogP contribution in [0.3, 0.4) is 0 Å². The first-order chi connectivity index (χ1) is 9.47. The van der Waals surface area contributed by atoms with Crippen molar-refractivity contribution < 1.29 is 9.18 Å². The summed E-state index contributed by atoms with van der Waals surface area (Å²) in [6.07, 6.45) is 3.64. The van der Waals surface area contributed by atoms with Gasteiger partial charge in [-0.25, -0.2) is 4.39 Å². The summed E-state index contributed by atoms with van der Waals surface area (Å²) in [6.45, 7) is 4.19. The lowest BCUT2D eigenvalue weighted by Gasteiger charge is -2.45. The number of carbonyl (C=O) groups excluding carboxylic acids is 1. The summed E-state index contributed by atoms with van der Waals surface area (Å²) < 4.78 is 13.9. The average Bonchev–Trinajstić information content (AvgIpc) is 2.41. The number of anilines is 1. The minimum atomic E-state index is -0.839. The maximum Gasteiger partial charge on any atom is 0.243 e. The van der Waals surface area contributed by atoms with Crippen LogP contribution >= 0.6 is 0 Å². The van der Waals surface area contributed by atoms with Gasteiger partial charge in [0.25, 0.3) is 0 Å². The van der Waals surface area contributed by atoms with E-state index in [1.165, 1.54) is 6.07 Å². The number of para-hydroxylation sites is 1. The highest BCUT2D eigenvalue weighted by atomic mass is 19.1. The van der Waals surface area contributed by atoms with E-state index in [1.54, 1.807) is 18.2 Å². The zero-order valence-electron chi connectivity index (χ0n) is 12.2. The normalized spacial score (nSPS) is 26.5. The molecule has 0 heterocycles. The third-order valence-electron chi connectivity index (χ3n) is 4.45. The SMILES string of the molecule is CC(C)C1CCCCC1(Nc1ccccc1F)C(N)=O. The molecule has 110 valence electrons. The van der Waals surface area contributed by atoms with Gasteiger partial charge in [0.15, 0.2) is 0 Å². The summed E-state index contributed by atoms with van der Waals surface area (Å²) in [5.41, 5.74) is 5.23. The van der Waals surface area contributed by atoms with E-state index >= 15 is 0 Å². The zero-order valence-corrected chi connectivity index (χ0v) is 12.2. The number of hydrogen-bond donors (Lipinski definition) is 2. The Morgan fingerprint density at radius 3 is 2.70 bits per heavy atom. The summed E-state index contributed by atoms with van der Waals surface area (Å²) in [5.74, 6) is -0.268. The highest BCUT2D eigenvalue weighted by Crippen LogP contribution is 2.41. The lowest BCUT2D eigenvalue weighted by atomic mass is 9.67. The molecule has 0 saturated heterocycles. The van der Waals surface area contributed by atoms with Crippen molar-refractivity contribution >= 4 is 11.6 Å². The van der Waals surface area contributed by atoms with E-state index in [0.29, 0.717) is 18.0 Å². The molecule has 3 nitrogen and oxygen atoms in total. The highest BCUT2D eigenvalue weighted by Gasteiger charge is 2.47. The number of nitrogens with two attached hydrogens (primary N) is 1. The quantitative estimate of drug-likeness (QED) is 0.887. The Bertz CT molecular complexity index is 489. The van der Waals surface area contributed by atoms with E-state index in [9.17, 15) is 9.18 Å². The Morgan fingerprint density at radius 2 is 2.10 bits per heavy atom. The molecule has 2 unspecified atom stereocenters. The Kier molecular flexibility index (Phi) is 4.31. The third kappa shape index (κ3) is 2.65. The van der Waals surface area contributed by atoms with Crippen molar-refractivity contribution in [2.24, 2.45) is 17.6 Å². The molecule has 0 bridgehead atoms. The first-order valence-corrected chi connectivity index (χ1v) is 7.30. The summed E-state index contributed by atoms with van der Waals surface area (Å²) >= 11 is 0. The molecule has 4 heteroatoms. The highest BCUT2D eigenvalue weighted by molar-refractivity contribution is 5.88. The van der Waals surface area contributed by atoms with Crippen molar-refractivity contribution in [2.45, 2.75) is 45.1 Å². The summed E-state index contributed by atoms with van der Waals surface area (Å²) in [6, 6.07) is 6.45. The maximum atomic E-state index is 13.9. The van der Waals surface area contributed by atoms with Gasteiger partial charge in [-0.05, 0) is 36.8 Å². The molecule has 3 N–H and O–H groups in total. The molecule has 0 radical (unpaired) electrons. The van der Waals surface area contributed by atoms with Crippen LogP contribution in [0.15, 0.2) is 24.3 Å². The number of primary amides is 1. The summed E-state index contributed by atoms with van der Waals surface area (Å²) in [5, 5.41) is 3.14. The van der Waals surface area contributed by atoms with Gasteiger partial charge in [-0.3, -0.25) is 4.79 Å². The molecule has 1 fully saturated rings. The first kappa shape index (κ1) is 14.8. The number of carbonyl (C=O) groups is 1. The monoisotopic (exact) mass is 278 g/mol. The van der Waals surface area contributed by atoms with E-state index in [-0.39, 0.29) is 17.6 Å². The number of nitrogens with one attached hydrogen (secondary N) is 1. The van der Waals surface area contributed by atoms with Crippen LogP contribution in [0.5, 0.6) is 0 Å². The minimum Gasteiger partial charge on any atom is -0.369 e. The van der Waals surface area contributed by atoms with E-state index in [1.807, 2.05) is 0 Å². The standard InChI is InChI=1S/C16H23FN2O/c1-11(2)12-7-5-6-10-16(12,15(18)20)19-14-9-4-3-8-13(14)17/h3-4,8-9,11-12,19H,5-7,10H2,1-2H3,(H2,18,20). The molecule has 1 aromatic rings. The Hall–Kier alpha value is -1.58. The van der Waals surface area contributed by atoms with Crippen LogP contribution in [0.1, 0.15) is 39.5 Å². The smallest absolute Gasteiger partial charge is 0.243 e. The summed E-state index contributed by atoms with van der Waals surface area (Å²) in [4.78, 5) is 12.1. The fourth-order valence-electron chi connectivity index (χ4n) is 3.43. The van der Waals surface area contributed by atoms with Crippen molar-refractivity contribution in [3.05, 3.63) is 30.1 Å². The van der Waals surface area contributed by atoms with Crippen LogP contribution in [0, 0.1) is 17.7 Å². The molecule has 0 spiro atoms. The van der Waals surface area contributed by atoms with Gasteiger partial charge >= 0.3 is 0 Å². The number of amides is 1. The molecule has 0 aliphatic heterocycles. The Balaban J connectivity index is 2.38. The van der Waals surface area contributed by atoms with Crippen molar-refractivity contribution in [2.75, 3.05) is 5.32 Å². The number of halogens is 1. The fourth-order valence-corrected chi connectivity index (χ4v) is 3.43. The van der Waals surface area contributed by atoms with E-state index in [2.05, 4.69) is 19.2 Å². The second-order valence-electron chi connectivity index (χ2n) is 6.04. The molecule has 0 aromatic heterocycles. The third-order valence-corrected chi connectivity index (χ3v) is 4.45. The van der Waals surface area contributed by atoms with Gasteiger partial charge in [0.05, 0.1) is 5.69 Å². The number of rotatable bonds is 4.